The number of anilines is 2. The van der Waals surface area contributed by atoms with Crippen LogP contribution in [0.25, 0.3) is 0 Å². The number of aromatic nitrogens is 3. The summed E-state index contributed by atoms with van der Waals surface area (Å²) in [5.74, 6) is -0.0811. The highest BCUT2D eigenvalue weighted by Gasteiger charge is 2.19. The Labute approximate surface area is 124 Å². The number of nitrogens with two attached hydrogens (primary N) is 1. The van der Waals surface area contributed by atoms with E-state index in [1.807, 2.05) is 0 Å². The molecule has 0 spiro atoms. The van der Waals surface area contributed by atoms with Crippen molar-refractivity contribution in [3.05, 3.63) is 34.1 Å². The van der Waals surface area contributed by atoms with E-state index in [1.54, 1.807) is 26.0 Å². The van der Waals surface area contributed by atoms with Crippen molar-refractivity contribution in [2.75, 3.05) is 10.5 Å². The zero-order chi connectivity index (χ0) is 14.9. The Hall–Kier alpha value is -1.74. The predicted molar refractivity (Wildman–Crippen MR) is 78.7 cm³/mol. The highest BCUT2D eigenvalue weighted by molar-refractivity contribution is 9.10. The lowest BCUT2D eigenvalue weighted by molar-refractivity contribution is 0.600. The van der Waals surface area contributed by atoms with Crippen molar-refractivity contribution in [3.63, 3.8) is 0 Å². The third-order valence-corrected chi connectivity index (χ3v) is 4.88. The lowest BCUT2D eigenvalue weighted by atomic mass is 10.3. The molecule has 0 saturated carbocycles. The molecular weight excluding hydrogens is 346 g/mol. The quantitative estimate of drug-likeness (QED) is 0.807. The van der Waals surface area contributed by atoms with Crippen LogP contribution in [0.15, 0.2) is 27.6 Å². The smallest absolute Gasteiger partial charge is 0.265 e. The SMILES string of the molecule is Cc1nnc(NS(=O)(=O)c2cc(N)ccc2Br)nc1C. The molecule has 0 bridgehead atoms. The summed E-state index contributed by atoms with van der Waals surface area (Å²) in [6.45, 7) is 3.46. The van der Waals surface area contributed by atoms with Crippen LogP contribution < -0.4 is 10.5 Å². The Bertz CT molecular complexity index is 763. The van der Waals surface area contributed by atoms with E-state index in [-0.39, 0.29) is 10.8 Å². The minimum atomic E-state index is -3.84. The lowest BCUT2D eigenvalue weighted by Crippen LogP contribution is -2.17. The molecule has 0 unspecified atom stereocenters. The summed E-state index contributed by atoms with van der Waals surface area (Å²) in [6.07, 6.45) is 0. The van der Waals surface area contributed by atoms with Crippen LogP contribution in [-0.4, -0.2) is 23.6 Å². The minimum Gasteiger partial charge on any atom is -0.399 e. The third-order valence-electron chi connectivity index (χ3n) is 2.56. The van der Waals surface area contributed by atoms with Gasteiger partial charge in [-0.1, -0.05) is 0 Å². The highest BCUT2D eigenvalue weighted by Crippen LogP contribution is 2.25. The van der Waals surface area contributed by atoms with Crippen molar-refractivity contribution in [3.8, 4) is 0 Å². The molecule has 1 heterocycles. The molecule has 0 radical (unpaired) electrons. The number of nitrogen functional groups attached to an aromatic ring is 1. The third kappa shape index (κ3) is 3.05. The van der Waals surface area contributed by atoms with Gasteiger partial charge in [-0.25, -0.2) is 18.1 Å². The molecule has 0 saturated heterocycles. The van der Waals surface area contributed by atoms with Crippen LogP contribution in [0.5, 0.6) is 0 Å². The van der Waals surface area contributed by atoms with Crippen molar-refractivity contribution < 1.29 is 8.42 Å². The van der Waals surface area contributed by atoms with Crippen molar-refractivity contribution in [2.45, 2.75) is 18.7 Å². The zero-order valence-corrected chi connectivity index (χ0v) is 13.2. The maximum atomic E-state index is 12.3. The Balaban J connectivity index is 2.40. The van der Waals surface area contributed by atoms with Gasteiger partial charge in [-0.05, 0) is 48.0 Å². The Morgan fingerprint density at radius 1 is 1.20 bits per heavy atom. The first-order valence-electron chi connectivity index (χ1n) is 5.55. The van der Waals surface area contributed by atoms with Crippen LogP contribution in [0.1, 0.15) is 11.4 Å². The molecule has 0 fully saturated rings. The van der Waals surface area contributed by atoms with Crippen molar-refractivity contribution >= 4 is 37.6 Å². The molecule has 9 heteroatoms. The van der Waals surface area contributed by atoms with E-state index in [0.29, 0.717) is 21.5 Å². The Kier molecular flexibility index (Phi) is 3.91. The molecule has 0 amide bonds. The molecule has 0 aliphatic heterocycles. The van der Waals surface area contributed by atoms with Crippen molar-refractivity contribution in [1.29, 1.82) is 0 Å². The maximum Gasteiger partial charge on any atom is 0.265 e. The standard InChI is InChI=1S/C11H12BrN5O2S/c1-6-7(2)15-16-11(14-6)17-20(18,19)10-5-8(13)3-4-9(10)12/h3-5H,13H2,1-2H3,(H,14,16,17). The van der Waals surface area contributed by atoms with Crippen LogP contribution in [0.4, 0.5) is 11.6 Å². The van der Waals surface area contributed by atoms with Gasteiger partial charge < -0.3 is 5.73 Å². The maximum absolute atomic E-state index is 12.3. The number of nitrogens with zero attached hydrogens (tertiary/aromatic N) is 3. The second-order valence-electron chi connectivity index (χ2n) is 4.10. The van der Waals surface area contributed by atoms with E-state index in [2.05, 4.69) is 35.8 Å². The molecule has 106 valence electrons. The summed E-state index contributed by atoms with van der Waals surface area (Å²) in [5.41, 5.74) is 7.18. The first-order valence-corrected chi connectivity index (χ1v) is 7.83. The average molecular weight is 358 g/mol. The van der Waals surface area contributed by atoms with Gasteiger partial charge in [-0.2, -0.15) is 5.10 Å². The average Bonchev–Trinajstić information content (AvgIpc) is 2.36. The molecule has 2 aromatic rings. The van der Waals surface area contributed by atoms with Crippen LogP contribution >= 0.6 is 15.9 Å². The van der Waals surface area contributed by atoms with Crippen LogP contribution in [0, 0.1) is 13.8 Å². The zero-order valence-electron chi connectivity index (χ0n) is 10.8. The van der Waals surface area contributed by atoms with Gasteiger partial charge in [0, 0.05) is 10.2 Å². The number of hydrogen-bond donors (Lipinski definition) is 2. The monoisotopic (exact) mass is 357 g/mol. The molecule has 0 aliphatic rings. The van der Waals surface area contributed by atoms with E-state index in [9.17, 15) is 8.42 Å². The molecule has 0 atom stereocenters. The largest absolute Gasteiger partial charge is 0.399 e. The normalized spacial score (nSPS) is 11.3. The highest BCUT2D eigenvalue weighted by atomic mass is 79.9. The molecule has 1 aromatic carbocycles. The summed E-state index contributed by atoms with van der Waals surface area (Å²) in [7, 11) is -3.84. The molecular formula is C11H12BrN5O2S. The summed E-state index contributed by atoms with van der Waals surface area (Å²) >= 11 is 3.17. The molecule has 2 rings (SSSR count). The number of sulfonamides is 1. The van der Waals surface area contributed by atoms with Crippen molar-refractivity contribution in [2.24, 2.45) is 0 Å². The predicted octanol–water partition coefficient (Wildman–Crippen LogP) is 1.63. The fraction of sp³-hybridized carbons (Fsp3) is 0.182. The molecule has 20 heavy (non-hydrogen) atoms. The number of halogens is 1. The van der Waals surface area contributed by atoms with E-state index >= 15 is 0 Å². The number of nitrogens with one attached hydrogen (secondary N) is 1. The first kappa shape index (κ1) is 14.7. The number of benzene rings is 1. The summed E-state index contributed by atoms with van der Waals surface area (Å²) in [4.78, 5) is 4.04. The van der Waals surface area contributed by atoms with E-state index in [4.69, 9.17) is 5.73 Å². The van der Waals surface area contributed by atoms with E-state index in [0.717, 1.165) is 0 Å². The van der Waals surface area contributed by atoms with Gasteiger partial charge in [0.2, 0.25) is 0 Å². The van der Waals surface area contributed by atoms with Gasteiger partial charge in [0.25, 0.3) is 16.0 Å². The van der Waals surface area contributed by atoms with Gasteiger partial charge >= 0.3 is 0 Å². The second-order valence-corrected chi connectivity index (χ2v) is 6.61. The Morgan fingerprint density at radius 2 is 1.90 bits per heavy atom. The van der Waals surface area contributed by atoms with Gasteiger partial charge in [-0.3, -0.25) is 0 Å². The molecule has 3 N–H and O–H groups in total. The molecule has 1 aromatic heterocycles. The van der Waals surface area contributed by atoms with Gasteiger partial charge in [-0.15, -0.1) is 5.10 Å². The number of rotatable bonds is 3. The molecule has 0 aliphatic carbocycles. The summed E-state index contributed by atoms with van der Waals surface area (Å²) in [6, 6.07) is 4.50. The second kappa shape index (κ2) is 5.33. The van der Waals surface area contributed by atoms with Gasteiger partial charge in [0.05, 0.1) is 11.4 Å². The summed E-state index contributed by atoms with van der Waals surface area (Å²) < 4.78 is 27.2. The first-order chi connectivity index (χ1) is 9.29. The van der Waals surface area contributed by atoms with Crippen LogP contribution in [0.3, 0.4) is 0 Å². The van der Waals surface area contributed by atoms with Gasteiger partial charge in [0.15, 0.2) is 0 Å². The topological polar surface area (TPSA) is 111 Å². The Morgan fingerprint density at radius 3 is 2.55 bits per heavy atom. The van der Waals surface area contributed by atoms with E-state index < -0.39 is 10.0 Å². The van der Waals surface area contributed by atoms with E-state index in [1.165, 1.54) is 6.07 Å². The molecule has 7 nitrogen and oxygen atoms in total. The lowest BCUT2D eigenvalue weighted by Gasteiger charge is -2.09. The number of hydrogen-bond acceptors (Lipinski definition) is 6. The van der Waals surface area contributed by atoms with Crippen molar-refractivity contribution in [1.82, 2.24) is 15.2 Å². The summed E-state index contributed by atoms with van der Waals surface area (Å²) in [5, 5.41) is 7.52. The fourth-order valence-electron chi connectivity index (χ4n) is 1.40. The van der Waals surface area contributed by atoms with Gasteiger partial charge in [0.1, 0.15) is 4.90 Å². The van der Waals surface area contributed by atoms with Crippen LogP contribution in [-0.2, 0) is 10.0 Å². The number of aryl methyl sites for hydroxylation is 2. The fourth-order valence-corrected chi connectivity index (χ4v) is 3.34. The minimum absolute atomic E-state index is 0.0133. The van der Waals surface area contributed by atoms with Crippen LogP contribution in [0.2, 0.25) is 0 Å².